The monoisotopic (exact) mass is 252 g/mol. The van der Waals surface area contributed by atoms with Crippen molar-refractivity contribution in [3.63, 3.8) is 0 Å². The number of hydrogen-bond acceptors (Lipinski definition) is 5. The van der Waals surface area contributed by atoms with E-state index in [1.807, 2.05) is 19.9 Å². The number of nitrogen functional groups attached to an aromatic ring is 1. The van der Waals surface area contributed by atoms with Crippen molar-refractivity contribution in [1.82, 2.24) is 24.7 Å². The van der Waals surface area contributed by atoms with Crippen molar-refractivity contribution in [2.24, 2.45) is 0 Å². The van der Waals surface area contributed by atoms with Gasteiger partial charge in [-0.15, -0.1) is 10.2 Å². The Balaban J connectivity index is 2.40. The van der Waals surface area contributed by atoms with Crippen molar-refractivity contribution in [3.05, 3.63) is 17.5 Å². The van der Waals surface area contributed by atoms with Crippen molar-refractivity contribution in [2.45, 2.75) is 38.1 Å². The van der Waals surface area contributed by atoms with Crippen LogP contribution >= 0.6 is 11.8 Å². The molecular formula is C10H16N6S. The highest BCUT2D eigenvalue weighted by atomic mass is 32.2. The van der Waals surface area contributed by atoms with Crippen LogP contribution in [0.1, 0.15) is 25.2 Å². The molecule has 0 aliphatic heterocycles. The molecule has 2 aromatic heterocycles. The summed E-state index contributed by atoms with van der Waals surface area (Å²) in [6.07, 6.45) is 0. The van der Waals surface area contributed by atoms with Gasteiger partial charge in [0.25, 0.3) is 5.95 Å². The first-order chi connectivity index (χ1) is 7.99. The number of rotatable bonds is 3. The quantitative estimate of drug-likeness (QED) is 0.658. The summed E-state index contributed by atoms with van der Waals surface area (Å²) in [7, 11) is 0. The number of aryl methyl sites for hydroxylation is 2. The molecule has 6 nitrogen and oxygen atoms in total. The predicted octanol–water partition coefficient (Wildman–Crippen LogP) is 1.29. The molecule has 2 heterocycles. The van der Waals surface area contributed by atoms with Crippen LogP contribution in [-0.2, 0) is 0 Å². The summed E-state index contributed by atoms with van der Waals surface area (Å²) in [5, 5.41) is 13.6. The molecule has 0 bridgehead atoms. The fourth-order valence-electron chi connectivity index (χ4n) is 1.54. The molecule has 0 aromatic carbocycles. The highest BCUT2D eigenvalue weighted by Crippen LogP contribution is 2.21. The molecule has 0 saturated carbocycles. The van der Waals surface area contributed by atoms with Crippen LogP contribution in [-0.4, -0.2) is 29.9 Å². The first kappa shape index (κ1) is 12.0. The lowest BCUT2D eigenvalue weighted by atomic mass is 10.4. The van der Waals surface area contributed by atoms with Crippen molar-refractivity contribution in [3.8, 4) is 5.95 Å². The Morgan fingerprint density at radius 1 is 1.29 bits per heavy atom. The molecule has 0 atom stereocenters. The van der Waals surface area contributed by atoms with Crippen molar-refractivity contribution in [2.75, 3.05) is 5.84 Å². The average Bonchev–Trinajstić information content (AvgIpc) is 2.71. The number of aromatic nitrogens is 5. The van der Waals surface area contributed by atoms with E-state index in [1.54, 1.807) is 16.4 Å². The predicted molar refractivity (Wildman–Crippen MR) is 67.8 cm³/mol. The number of hydrogen-bond donors (Lipinski definition) is 1. The van der Waals surface area contributed by atoms with E-state index in [0.29, 0.717) is 16.4 Å². The second-order valence-corrected chi connectivity index (χ2v) is 5.70. The smallest absolute Gasteiger partial charge is 0.271 e. The Bertz CT molecular complexity index is 527. The topological polar surface area (TPSA) is 74.5 Å². The summed E-state index contributed by atoms with van der Waals surface area (Å²) in [5.41, 5.74) is 1.92. The SMILES string of the molecule is Cc1cc(C)n(-c2nnc(SC(C)C)n2N)n1. The number of nitrogens with two attached hydrogens (primary N) is 1. The fraction of sp³-hybridized carbons (Fsp3) is 0.500. The first-order valence-corrected chi connectivity index (χ1v) is 6.27. The summed E-state index contributed by atoms with van der Waals surface area (Å²) in [6.45, 7) is 8.07. The summed E-state index contributed by atoms with van der Waals surface area (Å²) in [4.78, 5) is 0. The van der Waals surface area contributed by atoms with Crippen LogP contribution in [0.5, 0.6) is 0 Å². The van der Waals surface area contributed by atoms with E-state index in [1.165, 1.54) is 4.68 Å². The van der Waals surface area contributed by atoms with Crippen LogP contribution in [0.25, 0.3) is 5.95 Å². The standard InChI is InChI=1S/C10H16N6S/c1-6(2)17-10-13-12-9(15(10)11)16-8(4)5-7(3)14-16/h5-6H,11H2,1-4H3. The van der Waals surface area contributed by atoms with Gasteiger partial charge in [0.05, 0.1) is 5.69 Å². The number of nitrogens with zero attached hydrogens (tertiary/aromatic N) is 5. The van der Waals surface area contributed by atoms with Crippen LogP contribution in [0, 0.1) is 13.8 Å². The van der Waals surface area contributed by atoms with Gasteiger partial charge >= 0.3 is 0 Å². The average molecular weight is 252 g/mol. The molecule has 0 spiro atoms. The van der Waals surface area contributed by atoms with E-state index in [4.69, 9.17) is 5.84 Å². The largest absolute Gasteiger partial charge is 0.334 e. The minimum Gasteiger partial charge on any atom is -0.334 e. The maximum atomic E-state index is 5.97. The lowest BCUT2D eigenvalue weighted by Crippen LogP contribution is -2.17. The minimum absolute atomic E-state index is 0.412. The Kier molecular flexibility index (Phi) is 3.10. The van der Waals surface area contributed by atoms with E-state index < -0.39 is 0 Å². The maximum Gasteiger partial charge on any atom is 0.271 e. The minimum atomic E-state index is 0.412. The Hall–Kier alpha value is -1.50. The van der Waals surface area contributed by atoms with Gasteiger partial charge in [-0.05, 0) is 19.9 Å². The highest BCUT2D eigenvalue weighted by molar-refractivity contribution is 7.99. The maximum absolute atomic E-state index is 5.97. The second-order valence-electron chi connectivity index (χ2n) is 4.16. The van der Waals surface area contributed by atoms with E-state index in [2.05, 4.69) is 29.1 Å². The van der Waals surface area contributed by atoms with Crippen molar-refractivity contribution in [1.29, 1.82) is 0 Å². The van der Waals surface area contributed by atoms with Gasteiger partial charge in [0.1, 0.15) is 0 Å². The van der Waals surface area contributed by atoms with Crippen molar-refractivity contribution < 1.29 is 0 Å². The van der Waals surface area contributed by atoms with Crippen LogP contribution in [0.2, 0.25) is 0 Å². The zero-order valence-corrected chi connectivity index (χ0v) is 11.2. The van der Waals surface area contributed by atoms with E-state index in [-0.39, 0.29) is 0 Å². The molecule has 2 aromatic rings. The van der Waals surface area contributed by atoms with Crippen LogP contribution in [0.3, 0.4) is 0 Å². The molecule has 0 radical (unpaired) electrons. The molecular weight excluding hydrogens is 236 g/mol. The molecule has 0 unspecified atom stereocenters. The lowest BCUT2D eigenvalue weighted by Gasteiger charge is -2.05. The zero-order valence-electron chi connectivity index (χ0n) is 10.4. The lowest BCUT2D eigenvalue weighted by molar-refractivity contribution is 0.726. The van der Waals surface area contributed by atoms with E-state index in [9.17, 15) is 0 Å². The van der Waals surface area contributed by atoms with Crippen LogP contribution in [0.15, 0.2) is 11.2 Å². The molecule has 2 rings (SSSR count). The van der Waals surface area contributed by atoms with Gasteiger partial charge in [0, 0.05) is 10.9 Å². The van der Waals surface area contributed by atoms with E-state index in [0.717, 1.165) is 11.4 Å². The third-order valence-corrected chi connectivity index (χ3v) is 3.15. The molecule has 7 heteroatoms. The van der Waals surface area contributed by atoms with Gasteiger partial charge in [-0.2, -0.15) is 5.10 Å². The van der Waals surface area contributed by atoms with Crippen LogP contribution < -0.4 is 5.84 Å². The Morgan fingerprint density at radius 2 is 2.00 bits per heavy atom. The van der Waals surface area contributed by atoms with Crippen LogP contribution in [0.4, 0.5) is 0 Å². The zero-order chi connectivity index (χ0) is 12.6. The van der Waals surface area contributed by atoms with Gasteiger partial charge in [0.15, 0.2) is 0 Å². The van der Waals surface area contributed by atoms with E-state index >= 15 is 0 Å². The summed E-state index contributed by atoms with van der Waals surface area (Å²) >= 11 is 1.58. The second kappa shape index (κ2) is 4.40. The Morgan fingerprint density at radius 3 is 2.53 bits per heavy atom. The normalized spacial score (nSPS) is 11.4. The molecule has 17 heavy (non-hydrogen) atoms. The molecule has 0 amide bonds. The molecule has 0 fully saturated rings. The van der Waals surface area contributed by atoms with Gasteiger partial charge in [-0.3, -0.25) is 0 Å². The third-order valence-electron chi connectivity index (χ3n) is 2.19. The fourth-order valence-corrected chi connectivity index (χ4v) is 2.24. The molecule has 0 aliphatic carbocycles. The van der Waals surface area contributed by atoms with Crippen molar-refractivity contribution >= 4 is 11.8 Å². The first-order valence-electron chi connectivity index (χ1n) is 5.40. The van der Waals surface area contributed by atoms with Gasteiger partial charge in [-0.25, -0.2) is 9.36 Å². The summed E-state index contributed by atoms with van der Waals surface area (Å²) in [5.74, 6) is 6.51. The molecule has 0 aliphatic rings. The molecule has 2 N–H and O–H groups in total. The summed E-state index contributed by atoms with van der Waals surface area (Å²) in [6, 6.07) is 1.98. The summed E-state index contributed by atoms with van der Waals surface area (Å²) < 4.78 is 3.18. The third kappa shape index (κ3) is 2.28. The highest BCUT2D eigenvalue weighted by Gasteiger charge is 2.15. The van der Waals surface area contributed by atoms with Gasteiger partial charge in [0.2, 0.25) is 5.16 Å². The molecule has 0 saturated heterocycles. The van der Waals surface area contributed by atoms with Gasteiger partial charge in [-0.1, -0.05) is 25.6 Å². The Labute approximate surface area is 104 Å². The number of thioether (sulfide) groups is 1. The molecule has 92 valence electrons. The van der Waals surface area contributed by atoms with Gasteiger partial charge < -0.3 is 5.84 Å².